The number of hydrogen-bond acceptors (Lipinski definition) is 3. The molecular formula is C17H25NO2. The zero-order valence-corrected chi connectivity index (χ0v) is 12.5. The van der Waals surface area contributed by atoms with Gasteiger partial charge in [0.25, 0.3) is 0 Å². The van der Waals surface area contributed by atoms with Crippen molar-refractivity contribution in [1.82, 2.24) is 5.32 Å². The predicted octanol–water partition coefficient (Wildman–Crippen LogP) is 3.31. The van der Waals surface area contributed by atoms with E-state index < -0.39 is 0 Å². The van der Waals surface area contributed by atoms with E-state index in [1.54, 1.807) is 7.11 Å². The van der Waals surface area contributed by atoms with Crippen molar-refractivity contribution in [1.29, 1.82) is 0 Å². The summed E-state index contributed by atoms with van der Waals surface area (Å²) in [7, 11) is 1.71. The Bertz CT molecular complexity index is 452. The molecule has 3 atom stereocenters. The van der Waals surface area contributed by atoms with Gasteiger partial charge in [0.05, 0.1) is 19.8 Å². The second-order valence-corrected chi connectivity index (χ2v) is 6.44. The van der Waals surface area contributed by atoms with E-state index in [1.165, 1.54) is 31.2 Å². The van der Waals surface area contributed by atoms with Crippen LogP contribution in [0.15, 0.2) is 24.3 Å². The molecule has 1 saturated carbocycles. The van der Waals surface area contributed by atoms with Gasteiger partial charge < -0.3 is 14.8 Å². The molecule has 110 valence electrons. The molecule has 0 amide bonds. The molecular weight excluding hydrogens is 250 g/mol. The standard InChI is InChI=1S/C17H25NO2/c1-13-5-4-8-17(10-13)12-20-16(11-18-17)14-6-3-7-15(9-14)19-2/h3,6-7,9,13,16,18H,4-5,8,10-12H2,1-2H3. The van der Waals surface area contributed by atoms with Crippen molar-refractivity contribution in [3.8, 4) is 5.75 Å². The Balaban J connectivity index is 1.65. The third kappa shape index (κ3) is 2.84. The fourth-order valence-electron chi connectivity index (χ4n) is 3.69. The monoisotopic (exact) mass is 275 g/mol. The Kier molecular flexibility index (Phi) is 3.99. The smallest absolute Gasteiger partial charge is 0.119 e. The molecule has 0 aromatic heterocycles. The number of benzene rings is 1. The van der Waals surface area contributed by atoms with E-state index in [0.717, 1.165) is 24.8 Å². The third-order valence-corrected chi connectivity index (χ3v) is 4.78. The Morgan fingerprint density at radius 3 is 3.00 bits per heavy atom. The highest BCUT2D eigenvalue weighted by atomic mass is 16.5. The van der Waals surface area contributed by atoms with Crippen LogP contribution in [0.3, 0.4) is 0 Å². The van der Waals surface area contributed by atoms with Crippen molar-refractivity contribution in [2.45, 2.75) is 44.2 Å². The lowest BCUT2D eigenvalue weighted by Crippen LogP contribution is -2.56. The van der Waals surface area contributed by atoms with Crippen LogP contribution >= 0.6 is 0 Å². The number of hydrogen-bond donors (Lipinski definition) is 1. The lowest BCUT2D eigenvalue weighted by atomic mass is 9.76. The largest absolute Gasteiger partial charge is 0.497 e. The molecule has 3 unspecified atom stereocenters. The van der Waals surface area contributed by atoms with E-state index >= 15 is 0 Å². The molecule has 20 heavy (non-hydrogen) atoms. The van der Waals surface area contributed by atoms with E-state index in [1.807, 2.05) is 12.1 Å². The maximum atomic E-state index is 6.19. The minimum atomic E-state index is 0.146. The van der Waals surface area contributed by atoms with Crippen molar-refractivity contribution >= 4 is 0 Å². The molecule has 1 heterocycles. The van der Waals surface area contributed by atoms with Gasteiger partial charge in [0, 0.05) is 12.1 Å². The van der Waals surface area contributed by atoms with Crippen molar-refractivity contribution in [3.63, 3.8) is 0 Å². The highest BCUT2D eigenvalue weighted by Crippen LogP contribution is 2.36. The molecule has 1 N–H and O–H groups in total. The molecule has 3 heteroatoms. The van der Waals surface area contributed by atoms with Gasteiger partial charge in [0.1, 0.15) is 5.75 Å². The minimum Gasteiger partial charge on any atom is -0.497 e. The lowest BCUT2D eigenvalue weighted by molar-refractivity contribution is -0.0527. The molecule has 2 fully saturated rings. The van der Waals surface area contributed by atoms with Crippen molar-refractivity contribution in [2.75, 3.05) is 20.3 Å². The van der Waals surface area contributed by atoms with Gasteiger partial charge >= 0.3 is 0 Å². The number of rotatable bonds is 2. The van der Waals surface area contributed by atoms with E-state index in [4.69, 9.17) is 9.47 Å². The average molecular weight is 275 g/mol. The van der Waals surface area contributed by atoms with Crippen LogP contribution in [-0.2, 0) is 4.74 Å². The fourth-order valence-corrected chi connectivity index (χ4v) is 3.69. The number of nitrogens with one attached hydrogen (secondary N) is 1. The minimum absolute atomic E-state index is 0.146. The SMILES string of the molecule is COc1cccc(C2CNC3(CCCC(C)C3)CO2)c1. The number of morpholine rings is 1. The molecule has 1 saturated heterocycles. The first-order valence-corrected chi connectivity index (χ1v) is 7.71. The lowest BCUT2D eigenvalue weighted by Gasteiger charge is -2.45. The Morgan fingerprint density at radius 2 is 2.30 bits per heavy atom. The summed E-state index contributed by atoms with van der Waals surface area (Å²) in [5.41, 5.74) is 1.43. The molecule has 0 bridgehead atoms. The quantitative estimate of drug-likeness (QED) is 0.898. The zero-order chi connectivity index (χ0) is 14.0. The van der Waals surface area contributed by atoms with Crippen LogP contribution in [0.2, 0.25) is 0 Å². The Labute approximate surface area is 121 Å². The highest BCUT2D eigenvalue weighted by molar-refractivity contribution is 5.30. The van der Waals surface area contributed by atoms with Crippen molar-refractivity contribution in [3.05, 3.63) is 29.8 Å². The topological polar surface area (TPSA) is 30.5 Å². The molecule has 1 spiro atoms. The molecule has 2 aliphatic rings. The highest BCUT2D eigenvalue weighted by Gasteiger charge is 2.39. The molecule has 1 aliphatic heterocycles. The van der Waals surface area contributed by atoms with Gasteiger partial charge in [-0.05, 0) is 36.5 Å². The number of methoxy groups -OCH3 is 1. The Hall–Kier alpha value is -1.06. The Morgan fingerprint density at radius 1 is 1.40 bits per heavy atom. The first-order valence-electron chi connectivity index (χ1n) is 7.71. The predicted molar refractivity (Wildman–Crippen MR) is 80.1 cm³/mol. The summed E-state index contributed by atoms with van der Waals surface area (Å²) in [4.78, 5) is 0. The van der Waals surface area contributed by atoms with E-state index in [9.17, 15) is 0 Å². The van der Waals surface area contributed by atoms with Crippen LogP contribution in [0.1, 0.15) is 44.3 Å². The van der Waals surface area contributed by atoms with Gasteiger partial charge in [-0.25, -0.2) is 0 Å². The summed E-state index contributed by atoms with van der Waals surface area (Å²) < 4.78 is 11.5. The van der Waals surface area contributed by atoms with Gasteiger partial charge in [-0.2, -0.15) is 0 Å². The van der Waals surface area contributed by atoms with Crippen LogP contribution in [-0.4, -0.2) is 25.8 Å². The first kappa shape index (κ1) is 13.9. The maximum Gasteiger partial charge on any atom is 0.119 e. The summed E-state index contributed by atoms with van der Waals surface area (Å²) in [6, 6.07) is 8.21. The number of ether oxygens (including phenoxy) is 2. The van der Waals surface area contributed by atoms with Gasteiger partial charge in [-0.15, -0.1) is 0 Å². The van der Waals surface area contributed by atoms with E-state index in [2.05, 4.69) is 24.4 Å². The molecule has 1 aromatic rings. The fraction of sp³-hybridized carbons (Fsp3) is 0.647. The molecule has 1 aromatic carbocycles. The summed E-state index contributed by atoms with van der Waals surface area (Å²) in [6.45, 7) is 4.09. The summed E-state index contributed by atoms with van der Waals surface area (Å²) in [5, 5.41) is 3.79. The van der Waals surface area contributed by atoms with Gasteiger partial charge in [0.2, 0.25) is 0 Å². The third-order valence-electron chi connectivity index (χ3n) is 4.78. The molecule has 3 rings (SSSR count). The zero-order valence-electron chi connectivity index (χ0n) is 12.5. The van der Waals surface area contributed by atoms with E-state index in [-0.39, 0.29) is 11.6 Å². The van der Waals surface area contributed by atoms with E-state index in [0.29, 0.717) is 0 Å². The second kappa shape index (κ2) is 5.74. The first-order chi connectivity index (χ1) is 9.71. The molecule has 1 aliphatic carbocycles. The van der Waals surface area contributed by atoms with Crippen LogP contribution in [0.4, 0.5) is 0 Å². The van der Waals surface area contributed by atoms with Crippen LogP contribution < -0.4 is 10.1 Å². The van der Waals surface area contributed by atoms with Crippen LogP contribution in [0.25, 0.3) is 0 Å². The van der Waals surface area contributed by atoms with Gasteiger partial charge in [-0.1, -0.05) is 31.9 Å². The second-order valence-electron chi connectivity index (χ2n) is 6.44. The van der Waals surface area contributed by atoms with Gasteiger partial charge in [-0.3, -0.25) is 0 Å². The summed E-state index contributed by atoms with van der Waals surface area (Å²) >= 11 is 0. The summed E-state index contributed by atoms with van der Waals surface area (Å²) in [6.07, 6.45) is 5.33. The van der Waals surface area contributed by atoms with Gasteiger partial charge in [0.15, 0.2) is 0 Å². The maximum absolute atomic E-state index is 6.19. The molecule has 3 nitrogen and oxygen atoms in total. The molecule has 0 radical (unpaired) electrons. The average Bonchev–Trinajstić information content (AvgIpc) is 2.48. The summed E-state index contributed by atoms with van der Waals surface area (Å²) in [5.74, 6) is 1.71. The van der Waals surface area contributed by atoms with Crippen LogP contribution in [0.5, 0.6) is 5.75 Å². The van der Waals surface area contributed by atoms with Crippen LogP contribution in [0, 0.1) is 5.92 Å². The van der Waals surface area contributed by atoms with Crippen molar-refractivity contribution in [2.24, 2.45) is 5.92 Å². The normalized spacial score (nSPS) is 34.1. The van der Waals surface area contributed by atoms with Crippen molar-refractivity contribution < 1.29 is 9.47 Å².